The molecular weight excluding hydrogens is 224 g/mol. The second-order valence-electron chi connectivity index (χ2n) is 7.09. The molecule has 1 heterocycles. The van der Waals surface area contributed by atoms with Gasteiger partial charge < -0.3 is 10.1 Å². The molecule has 1 N–H and O–H groups in total. The van der Waals surface area contributed by atoms with E-state index in [9.17, 15) is 0 Å². The van der Waals surface area contributed by atoms with Crippen molar-refractivity contribution >= 4 is 0 Å². The smallest absolute Gasteiger partial charge is 0.0826 e. The van der Waals surface area contributed by atoms with Crippen molar-refractivity contribution in [1.82, 2.24) is 10.2 Å². The average Bonchev–Trinajstić information content (AvgIpc) is 2.67. The first-order chi connectivity index (χ1) is 8.46. The van der Waals surface area contributed by atoms with Crippen LogP contribution in [0.5, 0.6) is 0 Å². The Morgan fingerprint density at radius 3 is 2.78 bits per heavy atom. The standard InChI is InChI=1S/C15H30N2O/c1-12(2)17-7-8-18-14(11-17)10-16-13-5-6-15(3,4)9-13/h12-14,16H,5-11H2,1-4H3. The van der Waals surface area contributed by atoms with Crippen LogP contribution in [0, 0.1) is 5.41 Å². The van der Waals surface area contributed by atoms with Crippen molar-refractivity contribution in [3.05, 3.63) is 0 Å². The molecule has 2 fully saturated rings. The molecular formula is C15H30N2O. The van der Waals surface area contributed by atoms with Crippen molar-refractivity contribution in [3.8, 4) is 0 Å². The van der Waals surface area contributed by atoms with E-state index in [1.54, 1.807) is 0 Å². The first kappa shape index (κ1) is 14.3. The molecule has 3 heteroatoms. The molecule has 1 saturated carbocycles. The van der Waals surface area contributed by atoms with E-state index >= 15 is 0 Å². The maximum atomic E-state index is 5.87. The Hall–Kier alpha value is -0.120. The number of morpholine rings is 1. The molecule has 3 nitrogen and oxygen atoms in total. The van der Waals surface area contributed by atoms with Crippen molar-refractivity contribution in [1.29, 1.82) is 0 Å². The summed E-state index contributed by atoms with van der Waals surface area (Å²) in [6.45, 7) is 13.4. The summed E-state index contributed by atoms with van der Waals surface area (Å²) in [7, 11) is 0. The van der Waals surface area contributed by atoms with E-state index in [0.29, 0.717) is 23.6 Å². The summed E-state index contributed by atoms with van der Waals surface area (Å²) in [5.74, 6) is 0. The molecule has 106 valence electrons. The predicted molar refractivity (Wildman–Crippen MR) is 75.9 cm³/mol. The largest absolute Gasteiger partial charge is 0.374 e. The molecule has 2 rings (SSSR count). The Morgan fingerprint density at radius 1 is 1.39 bits per heavy atom. The lowest BCUT2D eigenvalue weighted by Gasteiger charge is -2.36. The summed E-state index contributed by atoms with van der Waals surface area (Å²) in [5, 5.41) is 3.71. The van der Waals surface area contributed by atoms with Gasteiger partial charge in [-0.1, -0.05) is 13.8 Å². The van der Waals surface area contributed by atoms with Gasteiger partial charge in [0.2, 0.25) is 0 Å². The van der Waals surface area contributed by atoms with Crippen molar-refractivity contribution in [3.63, 3.8) is 0 Å². The molecule has 0 bridgehead atoms. The maximum Gasteiger partial charge on any atom is 0.0826 e. The van der Waals surface area contributed by atoms with Gasteiger partial charge in [-0.3, -0.25) is 4.90 Å². The fourth-order valence-electron chi connectivity index (χ4n) is 3.24. The quantitative estimate of drug-likeness (QED) is 0.833. The number of ether oxygens (including phenoxy) is 1. The van der Waals surface area contributed by atoms with Gasteiger partial charge in [0.15, 0.2) is 0 Å². The van der Waals surface area contributed by atoms with Crippen LogP contribution in [0.2, 0.25) is 0 Å². The normalized spacial score (nSPS) is 33.2. The Bertz CT molecular complexity index is 265. The highest BCUT2D eigenvalue weighted by Crippen LogP contribution is 2.36. The topological polar surface area (TPSA) is 24.5 Å². The molecule has 2 aliphatic rings. The molecule has 1 aliphatic heterocycles. The zero-order valence-electron chi connectivity index (χ0n) is 12.5. The fourth-order valence-corrected chi connectivity index (χ4v) is 3.24. The van der Waals surface area contributed by atoms with Gasteiger partial charge in [-0.05, 0) is 38.5 Å². The molecule has 0 aromatic rings. The van der Waals surface area contributed by atoms with Crippen LogP contribution in [-0.4, -0.2) is 49.3 Å². The molecule has 1 saturated heterocycles. The zero-order valence-corrected chi connectivity index (χ0v) is 12.5. The van der Waals surface area contributed by atoms with E-state index in [1.165, 1.54) is 19.3 Å². The lowest BCUT2D eigenvalue weighted by molar-refractivity contribution is -0.0381. The van der Waals surface area contributed by atoms with Crippen molar-refractivity contribution in [2.75, 3.05) is 26.2 Å². The van der Waals surface area contributed by atoms with Gasteiger partial charge in [0.25, 0.3) is 0 Å². The monoisotopic (exact) mass is 254 g/mol. The number of nitrogens with zero attached hydrogens (tertiary/aromatic N) is 1. The lowest BCUT2D eigenvalue weighted by atomic mass is 9.92. The third-order valence-electron chi connectivity index (χ3n) is 4.50. The van der Waals surface area contributed by atoms with Gasteiger partial charge in [-0.2, -0.15) is 0 Å². The van der Waals surface area contributed by atoms with Gasteiger partial charge in [0, 0.05) is 31.7 Å². The highest BCUT2D eigenvalue weighted by Gasteiger charge is 2.31. The van der Waals surface area contributed by atoms with Crippen LogP contribution < -0.4 is 5.32 Å². The SMILES string of the molecule is CC(C)N1CCOC(CNC2CCC(C)(C)C2)C1. The minimum absolute atomic E-state index is 0.380. The number of rotatable bonds is 4. The van der Waals surface area contributed by atoms with Crippen LogP contribution in [0.15, 0.2) is 0 Å². The third-order valence-corrected chi connectivity index (χ3v) is 4.50. The van der Waals surface area contributed by atoms with Crippen LogP contribution in [-0.2, 0) is 4.74 Å². The molecule has 0 aromatic carbocycles. The van der Waals surface area contributed by atoms with Crippen LogP contribution in [0.25, 0.3) is 0 Å². The van der Waals surface area contributed by atoms with E-state index in [1.807, 2.05) is 0 Å². The second-order valence-corrected chi connectivity index (χ2v) is 7.09. The number of hydrogen-bond donors (Lipinski definition) is 1. The van der Waals surface area contributed by atoms with Gasteiger partial charge in [0.05, 0.1) is 12.7 Å². The highest BCUT2D eigenvalue weighted by atomic mass is 16.5. The lowest BCUT2D eigenvalue weighted by Crippen LogP contribution is -2.50. The number of nitrogens with one attached hydrogen (secondary N) is 1. The molecule has 2 atom stereocenters. The second kappa shape index (κ2) is 5.89. The first-order valence-electron chi connectivity index (χ1n) is 7.55. The Kier molecular flexibility index (Phi) is 4.68. The van der Waals surface area contributed by atoms with Gasteiger partial charge >= 0.3 is 0 Å². The Balaban J connectivity index is 1.70. The summed E-state index contributed by atoms with van der Waals surface area (Å²) in [5.41, 5.74) is 0.537. The van der Waals surface area contributed by atoms with E-state index in [2.05, 4.69) is 37.9 Å². The number of hydrogen-bond acceptors (Lipinski definition) is 3. The summed E-state index contributed by atoms with van der Waals surface area (Å²) >= 11 is 0. The third kappa shape index (κ3) is 3.94. The molecule has 0 amide bonds. The van der Waals surface area contributed by atoms with Crippen LogP contribution >= 0.6 is 0 Å². The molecule has 0 radical (unpaired) electrons. The predicted octanol–water partition coefficient (Wildman–Crippen LogP) is 2.26. The van der Waals surface area contributed by atoms with Crippen molar-refractivity contribution < 1.29 is 4.74 Å². The fraction of sp³-hybridized carbons (Fsp3) is 1.00. The van der Waals surface area contributed by atoms with E-state index in [0.717, 1.165) is 26.2 Å². The minimum atomic E-state index is 0.380. The maximum absolute atomic E-state index is 5.87. The molecule has 2 unspecified atom stereocenters. The summed E-state index contributed by atoms with van der Waals surface area (Å²) < 4.78 is 5.87. The van der Waals surface area contributed by atoms with Crippen LogP contribution in [0.1, 0.15) is 47.0 Å². The first-order valence-corrected chi connectivity index (χ1v) is 7.55. The van der Waals surface area contributed by atoms with Gasteiger partial charge in [-0.25, -0.2) is 0 Å². The van der Waals surface area contributed by atoms with Crippen molar-refractivity contribution in [2.24, 2.45) is 5.41 Å². The molecule has 1 aliphatic carbocycles. The summed E-state index contributed by atoms with van der Waals surface area (Å²) in [6.07, 6.45) is 4.38. The Labute approximate surface area is 112 Å². The molecule has 0 spiro atoms. The average molecular weight is 254 g/mol. The van der Waals surface area contributed by atoms with E-state index in [-0.39, 0.29) is 0 Å². The summed E-state index contributed by atoms with van der Waals surface area (Å²) in [6, 6.07) is 1.35. The molecule has 18 heavy (non-hydrogen) atoms. The Morgan fingerprint density at radius 2 is 2.17 bits per heavy atom. The zero-order chi connectivity index (χ0) is 13.2. The minimum Gasteiger partial charge on any atom is -0.374 e. The highest BCUT2D eigenvalue weighted by molar-refractivity contribution is 4.87. The van der Waals surface area contributed by atoms with Gasteiger partial charge in [-0.15, -0.1) is 0 Å². The van der Waals surface area contributed by atoms with Crippen LogP contribution in [0.3, 0.4) is 0 Å². The van der Waals surface area contributed by atoms with E-state index in [4.69, 9.17) is 4.74 Å². The molecule has 0 aromatic heterocycles. The van der Waals surface area contributed by atoms with Crippen molar-refractivity contribution in [2.45, 2.75) is 65.1 Å². The van der Waals surface area contributed by atoms with Gasteiger partial charge in [0.1, 0.15) is 0 Å². The van der Waals surface area contributed by atoms with Crippen LogP contribution in [0.4, 0.5) is 0 Å². The van der Waals surface area contributed by atoms with E-state index < -0.39 is 0 Å². The summed E-state index contributed by atoms with van der Waals surface area (Å²) in [4.78, 5) is 2.52.